The topological polar surface area (TPSA) is 76.5 Å². The maximum Gasteiger partial charge on any atom is 0.272 e. The second kappa shape index (κ2) is 7.85. The summed E-state index contributed by atoms with van der Waals surface area (Å²) < 4.78 is 8.71. The minimum atomic E-state index is 0.0167. The number of pyridine rings is 1. The number of nitrogens with zero attached hydrogens (tertiary/aromatic N) is 5. The highest BCUT2D eigenvalue weighted by Gasteiger charge is 2.37. The third-order valence-corrected chi connectivity index (χ3v) is 6.48. The molecule has 3 aromatic rings. The number of likely N-dealkylation sites (tertiary alicyclic amines) is 1. The molecule has 1 amide bonds. The van der Waals surface area contributed by atoms with Crippen LogP contribution in [0.25, 0.3) is 0 Å². The Labute approximate surface area is 180 Å². The number of rotatable bonds is 5. The zero-order chi connectivity index (χ0) is 21.5. The van der Waals surface area contributed by atoms with Gasteiger partial charge in [0.2, 0.25) is 0 Å². The molecule has 2 atom stereocenters. The average molecular weight is 422 g/mol. The van der Waals surface area contributed by atoms with E-state index in [1.807, 2.05) is 28.6 Å². The summed E-state index contributed by atoms with van der Waals surface area (Å²) in [6, 6.07) is 7.75. The lowest BCUT2D eigenvalue weighted by Gasteiger charge is -2.42. The van der Waals surface area contributed by atoms with Gasteiger partial charge in [-0.15, -0.1) is 0 Å². The van der Waals surface area contributed by atoms with Gasteiger partial charge in [-0.2, -0.15) is 5.10 Å². The van der Waals surface area contributed by atoms with Crippen LogP contribution in [0, 0.1) is 5.92 Å². The smallest absolute Gasteiger partial charge is 0.272 e. The minimum absolute atomic E-state index is 0.0167. The fraction of sp³-hybridized carbons (Fsp3) is 0.435. The van der Waals surface area contributed by atoms with Crippen LogP contribution in [0.5, 0.6) is 0 Å². The van der Waals surface area contributed by atoms with Crippen LogP contribution in [0.2, 0.25) is 0 Å². The lowest BCUT2D eigenvalue weighted by molar-refractivity contribution is 0.0583. The van der Waals surface area contributed by atoms with Crippen molar-refractivity contribution in [2.75, 3.05) is 20.1 Å². The molecule has 2 aliphatic rings. The van der Waals surface area contributed by atoms with Gasteiger partial charge in [0.1, 0.15) is 5.69 Å². The molecule has 0 unspecified atom stereocenters. The van der Waals surface area contributed by atoms with Gasteiger partial charge in [0.25, 0.3) is 11.5 Å². The molecule has 5 rings (SSSR count). The van der Waals surface area contributed by atoms with Gasteiger partial charge in [0.05, 0.1) is 12.5 Å². The normalized spacial score (nSPS) is 20.2. The molecule has 31 heavy (non-hydrogen) atoms. The molecule has 0 spiro atoms. The van der Waals surface area contributed by atoms with Crippen molar-refractivity contribution in [1.29, 1.82) is 0 Å². The summed E-state index contributed by atoms with van der Waals surface area (Å²) in [7, 11) is 3.80. The van der Waals surface area contributed by atoms with E-state index < -0.39 is 0 Å². The number of aryl methyl sites for hydroxylation is 1. The van der Waals surface area contributed by atoms with Crippen molar-refractivity contribution in [2.24, 2.45) is 13.0 Å². The number of furan rings is 1. The van der Waals surface area contributed by atoms with Gasteiger partial charge in [-0.1, -0.05) is 6.07 Å². The average Bonchev–Trinajstić information content (AvgIpc) is 3.41. The van der Waals surface area contributed by atoms with Gasteiger partial charge < -0.3 is 13.9 Å². The number of hydrogen-bond acceptors (Lipinski definition) is 5. The third-order valence-electron chi connectivity index (χ3n) is 6.48. The number of carbonyl (C=O) groups excluding carboxylic acids is 1. The fourth-order valence-corrected chi connectivity index (χ4v) is 5.06. The van der Waals surface area contributed by atoms with Crippen LogP contribution in [-0.4, -0.2) is 50.2 Å². The Kier molecular flexibility index (Phi) is 5.02. The highest BCUT2D eigenvalue weighted by molar-refractivity contribution is 5.92. The van der Waals surface area contributed by atoms with E-state index in [9.17, 15) is 9.59 Å². The Morgan fingerprint density at radius 3 is 2.81 bits per heavy atom. The Hall–Kier alpha value is -3.13. The fourth-order valence-electron chi connectivity index (χ4n) is 5.06. The first kappa shape index (κ1) is 19.8. The van der Waals surface area contributed by atoms with E-state index in [-0.39, 0.29) is 17.4 Å². The van der Waals surface area contributed by atoms with Crippen molar-refractivity contribution < 1.29 is 9.21 Å². The lowest BCUT2D eigenvalue weighted by Crippen LogP contribution is -2.49. The van der Waals surface area contributed by atoms with Crippen LogP contribution >= 0.6 is 0 Å². The van der Waals surface area contributed by atoms with Crippen molar-refractivity contribution >= 4 is 5.91 Å². The number of aromatic nitrogens is 3. The predicted octanol–water partition coefficient (Wildman–Crippen LogP) is 2.07. The molecular weight excluding hydrogens is 394 g/mol. The number of hydrogen-bond donors (Lipinski definition) is 0. The van der Waals surface area contributed by atoms with Crippen molar-refractivity contribution in [2.45, 2.75) is 32.0 Å². The van der Waals surface area contributed by atoms with E-state index in [2.05, 4.69) is 16.1 Å². The molecular formula is C23H27N5O3. The predicted molar refractivity (Wildman–Crippen MR) is 115 cm³/mol. The van der Waals surface area contributed by atoms with Gasteiger partial charge in [-0.3, -0.25) is 19.2 Å². The van der Waals surface area contributed by atoms with E-state index in [1.165, 1.54) is 0 Å². The number of carbonyl (C=O) groups is 1. The molecule has 0 aliphatic carbocycles. The van der Waals surface area contributed by atoms with Gasteiger partial charge in [-0.25, -0.2) is 0 Å². The first-order valence-electron chi connectivity index (χ1n) is 10.7. The van der Waals surface area contributed by atoms with Crippen LogP contribution in [-0.2, 0) is 26.7 Å². The van der Waals surface area contributed by atoms with Gasteiger partial charge in [0, 0.05) is 68.7 Å². The molecule has 3 aromatic heterocycles. The lowest BCUT2D eigenvalue weighted by atomic mass is 9.83. The number of fused-ring (bicyclic) bond motifs is 4. The summed E-state index contributed by atoms with van der Waals surface area (Å²) in [6.45, 7) is 3.30. The van der Waals surface area contributed by atoms with Crippen molar-refractivity contribution in [3.05, 3.63) is 75.9 Å². The van der Waals surface area contributed by atoms with E-state index in [4.69, 9.17) is 4.42 Å². The first-order valence-corrected chi connectivity index (χ1v) is 10.7. The summed E-state index contributed by atoms with van der Waals surface area (Å²) >= 11 is 0. The van der Waals surface area contributed by atoms with Crippen LogP contribution in [0.1, 0.15) is 39.6 Å². The molecule has 1 saturated heterocycles. The van der Waals surface area contributed by atoms with Crippen LogP contribution < -0.4 is 5.56 Å². The second-order valence-corrected chi connectivity index (χ2v) is 8.85. The molecule has 8 heteroatoms. The minimum Gasteiger partial charge on any atom is -0.472 e. The van der Waals surface area contributed by atoms with Crippen molar-refractivity contribution in [3.63, 3.8) is 0 Å². The monoisotopic (exact) mass is 421 g/mol. The molecule has 0 aromatic carbocycles. The largest absolute Gasteiger partial charge is 0.472 e. The summed E-state index contributed by atoms with van der Waals surface area (Å²) in [5, 5.41) is 4.12. The highest BCUT2D eigenvalue weighted by Crippen LogP contribution is 2.35. The summed E-state index contributed by atoms with van der Waals surface area (Å²) in [4.78, 5) is 30.3. The highest BCUT2D eigenvalue weighted by atomic mass is 16.3. The molecule has 1 fully saturated rings. The zero-order valence-electron chi connectivity index (χ0n) is 17.9. The maximum absolute atomic E-state index is 13.3. The van der Waals surface area contributed by atoms with Gasteiger partial charge in [0.15, 0.2) is 0 Å². The summed E-state index contributed by atoms with van der Waals surface area (Å²) in [6.07, 6.45) is 6.07. The first-order chi connectivity index (χ1) is 15.0. The molecule has 8 nitrogen and oxygen atoms in total. The Morgan fingerprint density at radius 1 is 1.19 bits per heavy atom. The molecule has 2 bridgehead atoms. The third kappa shape index (κ3) is 3.72. The van der Waals surface area contributed by atoms with Gasteiger partial charge in [-0.05, 0) is 37.6 Å². The molecule has 5 heterocycles. The quantitative estimate of drug-likeness (QED) is 0.630. The molecule has 2 aliphatic heterocycles. The second-order valence-electron chi connectivity index (χ2n) is 8.85. The number of piperidine rings is 1. The SMILES string of the molecule is CN(Cc1ccoc1)Cc1ccc2n(c1=O)C[C@H]1C[C@@H]2CN(C(=O)c2ccnn2C)C1. The van der Waals surface area contributed by atoms with Crippen LogP contribution in [0.4, 0.5) is 0 Å². The standard InChI is InChI=1S/C23H27N5O3/c1-25(10-16-6-8-31-15-16)13-18-3-4-20-19-9-17(12-28(20)22(18)29)11-27(14-19)23(30)21-5-7-24-26(21)2/h3-8,15,17,19H,9-14H2,1-2H3/t17-,19+/m0/s1. The van der Waals surface area contributed by atoms with Crippen LogP contribution in [0.3, 0.4) is 0 Å². The van der Waals surface area contributed by atoms with Gasteiger partial charge >= 0.3 is 0 Å². The Bertz CT molecular complexity index is 1150. The van der Waals surface area contributed by atoms with Crippen molar-refractivity contribution in [3.8, 4) is 0 Å². The summed E-state index contributed by atoms with van der Waals surface area (Å²) in [5.41, 5.74) is 3.64. The van der Waals surface area contributed by atoms with Crippen molar-refractivity contribution in [1.82, 2.24) is 24.1 Å². The van der Waals surface area contributed by atoms with E-state index >= 15 is 0 Å². The molecule has 0 saturated carbocycles. The molecule has 0 radical (unpaired) electrons. The molecule has 162 valence electrons. The van der Waals surface area contributed by atoms with E-state index in [0.717, 1.165) is 29.8 Å². The molecule has 0 N–H and O–H groups in total. The maximum atomic E-state index is 13.3. The Balaban J connectivity index is 1.35. The van der Waals surface area contributed by atoms with E-state index in [1.54, 1.807) is 36.5 Å². The van der Waals surface area contributed by atoms with E-state index in [0.29, 0.717) is 37.8 Å². The van der Waals surface area contributed by atoms with Crippen LogP contribution in [0.15, 0.2) is 52.2 Å². The summed E-state index contributed by atoms with van der Waals surface area (Å²) in [5.74, 6) is 0.498. The zero-order valence-corrected chi connectivity index (χ0v) is 17.9. The Morgan fingerprint density at radius 2 is 2.06 bits per heavy atom. The number of amides is 1.